The summed E-state index contributed by atoms with van der Waals surface area (Å²) in [6, 6.07) is 2.58. The molecule has 0 amide bonds. The Morgan fingerprint density at radius 1 is 1.38 bits per heavy atom. The minimum atomic E-state index is -0.588. The molecule has 0 saturated carbocycles. The number of methoxy groups -OCH3 is 1. The van der Waals surface area contributed by atoms with Gasteiger partial charge in [0.15, 0.2) is 5.82 Å². The Kier molecular flexibility index (Phi) is 5.19. The van der Waals surface area contributed by atoms with E-state index in [9.17, 15) is 4.39 Å². The molecule has 112 valence electrons. The van der Waals surface area contributed by atoms with Gasteiger partial charge < -0.3 is 14.8 Å². The fraction of sp³-hybridized carbons (Fsp3) is 0.231. The maximum atomic E-state index is 13.5. The van der Waals surface area contributed by atoms with Crippen LogP contribution in [0.2, 0.25) is 5.02 Å². The molecule has 2 aromatic rings. The Hall–Kier alpha value is -1.60. The van der Waals surface area contributed by atoms with Gasteiger partial charge in [-0.25, -0.2) is 9.37 Å². The molecule has 0 aliphatic carbocycles. The molecule has 5 nitrogen and oxygen atoms in total. The summed E-state index contributed by atoms with van der Waals surface area (Å²) in [6.45, 7) is 2.58. The highest BCUT2D eigenvalue weighted by Crippen LogP contribution is 2.38. The van der Waals surface area contributed by atoms with Crippen molar-refractivity contribution in [2.45, 2.75) is 6.92 Å². The Balaban J connectivity index is 2.40. The molecule has 0 saturated heterocycles. The van der Waals surface area contributed by atoms with Crippen LogP contribution in [0, 0.1) is 5.82 Å². The molecule has 0 bridgehead atoms. The van der Waals surface area contributed by atoms with E-state index in [1.54, 1.807) is 0 Å². The Morgan fingerprint density at radius 2 is 2.14 bits per heavy atom. The van der Waals surface area contributed by atoms with Crippen LogP contribution in [0.1, 0.15) is 6.92 Å². The predicted octanol–water partition coefficient (Wildman–Crippen LogP) is 4.26. The van der Waals surface area contributed by atoms with E-state index in [1.807, 2.05) is 6.92 Å². The first-order valence-electron chi connectivity index (χ1n) is 6.02. The van der Waals surface area contributed by atoms with Crippen molar-refractivity contribution in [1.82, 2.24) is 9.97 Å². The van der Waals surface area contributed by atoms with Gasteiger partial charge in [-0.3, -0.25) is 0 Å². The average Bonchev–Trinajstić information content (AvgIpc) is 2.45. The van der Waals surface area contributed by atoms with E-state index in [2.05, 4.69) is 31.2 Å². The number of aromatic nitrogens is 2. The lowest BCUT2D eigenvalue weighted by atomic mass is 10.3. The van der Waals surface area contributed by atoms with Crippen LogP contribution in [-0.2, 0) is 0 Å². The number of anilines is 1. The SMILES string of the molecule is CCNc1ncnc(Oc2cc(F)c(Cl)cc2Br)c1OC. The van der Waals surface area contributed by atoms with Crippen molar-refractivity contribution in [3.8, 4) is 17.4 Å². The molecule has 0 aliphatic heterocycles. The van der Waals surface area contributed by atoms with E-state index < -0.39 is 5.82 Å². The van der Waals surface area contributed by atoms with Crippen molar-refractivity contribution >= 4 is 33.3 Å². The lowest BCUT2D eigenvalue weighted by molar-refractivity contribution is 0.367. The normalized spacial score (nSPS) is 10.3. The summed E-state index contributed by atoms with van der Waals surface area (Å²) in [5, 5.41) is 3.02. The van der Waals surface area contributed by atoms with E-state index in [0.717, 1.165) is 0 Å². The molecule has 0 fully saturated rings. The van der Waals surface area contributed by atoms with Gasteiger partial charge in [-0.2, -0.15) is 4.98 Å². The van der Waals surface area contributed by atoms with Crippen LogP contribution in [0.4, 0.5) is 10.2 Å². The van der Waals surface area contributed by atoms with Gasteiger partial charge in [-0.15, -0.1) is 0 Å². The van der Waals surface area contributed by atoms with Gasteiger partial charge in [0.05, 0.1) is 16.6 Å². The molecular weight excluding hydrogens is 365 g/mol. The standard InChI is InChI=1S/C13H12BrClFN3O2/c1-3-17-12-11(20-2)13(19-6-18-12)21-10-5-9(16)8(15)4-7(10)14/h4-6H,3H2,1-2H3,(H,17,18,19). The van der Waals surface area contributed by atoms with Crippen LogP contribution < -0.4 is 14.8 Å². The lowest BCUT2D eigenvalue weighted by Crippen LogP contribution is -2.04. The molecular formula is C13H12BrClFN3O2. The molecule has 21 heavy (non-hydrogen) atoms. The highest BCUT2D eigenvalue weighted by Gasteiger charge is 2.16. The van der Waals surface area contributed by atoms with Gasteiger partial charge in [0.25, 0.3) is 5.88 Å². The maximum Gasteiger partial charge on any atom is 0.268 e. The third-order valence-corrected chi connectivity index (χ3v) is 3.41. The number of nitrogens with one attached hydrogen (secondary N) is 1. The zero-order valence-corrected chi connectivity index (χ0v) is 13.6. The van der Waals surface area contributed by atoms with Crippen LogP contribution in [0.5, 0.6) is 17.4 Å². The number of hydrogen-bond donors (Lipinski definition) is 1. The van der Waals surface area contributed by atoms with Crippen LogP contribution in [0.25, 0.3) is 0 Å². The smallest absolute Gasteiger partial charge is 0.268 e. The van der Waals surface area contributed by atoms with Crippen LogP contribution in [-0.4, -0.2) is 23.6 Å². The molecule has 0 unspecified atom stereocenters. The molecule has 8 heteroatoms. The monoisotopic (exact) mass is 375 g/mol. The zero-order chi connectivity index (χ0) is 15.4. The summed E-state index contributed by atoms with van der Waals surface area (Å²) in [7, 11) is 1.48. The van der Waals surface area contributed by atoms with Crippen molar-refractivity contribution in [1.29, 1.82) is 0 Å². The second-order valence-corrected chi connectivity index (χ2v) is 5.15. The summed E-state index contributed by atoms with van der Waals surface area (Å²) in [5.41, 5.74) is 0. The van der Waals surface area contributed by atoms with Crippen LogP contribution in [0.15, 0.2) is 22.9 Å². The van der Waals surface area contributed by atoms with Gasteiger partial charge in [0.1, 0.15) is 17.9 Å². The third kappa shape index (κ3) is 3.54. The van der Waals surface area contributed by atoms with Crippen molar-refractivity contribution in [3.63, 3.8) is 0 Å². The van der Waals surface area contributed by atoms with Crippen molar-refractivity contribution < 1.29 is 13.9 Å². The van der Waals surface area contributed by atoms with Gasteiger partial charge in [-0.05, 0) is 28.9 Å². The summed E-state index contributed by atoms with van der Waals surface area (Å²) in [4.78, 5) is 8.07. The van der Waals surface area contributed by atoms with Crippen molar-refractivity contribution in [2.24, 2.45) is 0 Å². The summed E-state index contributed by atoms with van der Waals surface area (Å²) < 4.78 is 24.9. The van der Waals surface area contributed by atoms with Gasteiger partial charge in [-0.1, -0.05) is 11.6 Å². The van der Waals surface area contributed by atoms with Gasteiger partial charge in [0, 0.05) is 12.6 Å². The first kappa shape index (κ1) is 15.8. The largest absolute Gasteiger partial charge is 0.489 e. The third-order valence-electron chi connectivity index (χ3n) is 2.50. The number of halogens is 3. The zero-order valence-electron chi connectivity index (χ0n) is 11.3. The van der Waals surface area contributed by atoms with E-state index in [0.29, 0.717) is 22.6 Å². The quantitative estimate of drug-likeness (QED) is 0.790. The molecule has 0 atom stereocenters. The molecule has 1 aromatic carbocycles. The Morgan fingerprint density at radius 3 is 2.81 bits per heavy atom. The fourth-order valence-electron chi connectivity index (χ4n) is 1.59. The van der Waals surface area contributed by atoms with E-state index >= 15 is 0 Å². The molecule has 1 aromatic heterocycles. The maximum absolute atomic E-state index is 13.5. The van der Waals surface area contributed by atoms with E-state index in [1.165, 1.54) is 25.6 Å². The first-order valence-corrected chi connectivity index (χ1v) is 7.19. The number of hydrogen-bond acceptors (Lipinski definition) is 5. The topological polar surface area (TPSA) is 56.3 Å². The van der Waals surface area contributed by atoms with Crippen molar-refractivity contribution in [2.75, 3.05) is 19.0 Å². The van der Waals surface area contributed by atoms with Crippen molar-refractivity contribution in [3.05, 3.63) is 33.8 Å². The van der Waals surface area contributed by atoms with E-state index in [-0.39, 0.29) is 16.7 Å². The number of rotatable bonds is 5. The van der Waals surface area contributed by atoms with Gasteiger partial charge >= 0.3 is 0 Å². The molecule has 2 rings (SSSR count). The molecule has 0 spiro atoms. The Bertz CT molecular complexity index is 658. The molecule has 0 radical (unpaired) electrons. The first-order chi connectivity index (χ1) is 10.1. The Labute approximate surface area is 134 Å². The number of benzene rings is 1. The predicted molar refractivity (Wildman–Crippen MR) is 81.9 cm³/mol. The minimum absolute atomic E-state index is 0.00258. The van der Waals surface area contributed by atoms with Gasteiger partial charge in [0.2, 0.25) is 5.75 Å². The van der Waals surface area contributed by atoms with E-state index in [4.69, 9.17) is 21.1 Å². The second kappa shape index (κ2) is 6.91. The van der Waals surface area contributed by atoms with Crippen LogP contribution in [0.3, 0.4) is 0 Å². The second-order valence-electron chi connectivity index (χ2n) is 3.89. The summed E-state index contributed by atoms with van der Waals surface area (Å²) in [5.74, 6) is 0.647. The summed E-state index contributed by atoms with van der Waals surface area (Å²) >= 11 is 8.95. The number of nitrogens with zero attached hydrogens (tertiary/aromatic N) is 2. The average molecular weight is 377 g/mol. The fourth-order valence-corrected chi connectivity index (χ4v) is 2.31. The highest BCUT2D eigenvalue weighted by molar-refractivity contribution is 9.10. The highest BCUT2D eigenvalue weighted by atomic mass is 79.9. The number of ether oxygens (including phenoxy) is 2. The van der Waals surface area contributed by atoms with Crippen LogP contribution >= 0.6 is 27.5 Å². The molecule has 1 N–H and O–H groups in total. The summed E-state index contributed by atoms with van der Waals surface area (Å²) in [6.07, 6.45) is 1.33. The minimum Gasteiger partial charge on any atom is -0.489 e. The molecule has 0 aliphatic rings. The molecule has 1 heterocycles. The lowest BCUT2D eigenvalue weighted by Gasteiger charge is -2.13.